The second kappa shape index (κ2) is 40.6. The number of aryl methyl sites for hydroxylation is 4. The minimum Gasteiger partial charge on any atom is -0.0808 e. The van der Waals surface area contributed by atoms with Crippen molar-refractivity contribution in [2.75, 3.05) is 0 Å². The predicted octanol–water partition coefficient (Wildman–Crippen LogP) is 25.1. The van der Waals surface area contributed by atoms with Crippen LogP contribution in [0.5, 0.6) is 0 Å². The van der Waals surface area contributed by atoms with Crippen molar-refractivity contribution in [2.24, 2.45) is 11.8 Å². The third-order valence-electron chi connectivity index (χ3n) is 18.6. The first-order valence-electron chi connectivity index (χ1n) is 34.5. The van der Waals surface area contributed by atoms with Gasteiger partial charge in [-0.1, -0.05) is 370 Å². The van der Waals surface area contributed by atoms with Crippen LogP contribution in [0.2, 0.25) is 0 Å². The molecule has 0 N–H and O–H groups in total. The van der Waals surface area contributed by atoms with Gasteiger partial charge in [0.05, 0.1) is 0 Å². The maximum atomic E-state index is 2.26. The molecule has 0 atom stereocenters. The van der Waals surface area contributed by atoms with Gasteiger partial charge in [-0.05, 0) is 156 Å². The van der Waals surface area contributed by atoms with E-state index in [1.54, 1.807) is 53.5 Å². The fraction of sp³-hybridized carbons (Fsp3) is 0.395. The van der Waals surface area contributed by atoms with Crippen molar-refractivity contribution in [1.82, 2.24) is 0 Å². The molecule has 4 fully saturated rings. The molecule has 6 aromatic rings. The Balaban J connectivity index is 0.000000124. The number of benzene rings is 6. The molecule has 0 nitrogen and oxygen atoms in total. The highest BCUT2D eigenvalue weighted by atomic mass is 14.3. The molecule has 0 bridgehead atoms. The number of fused-ring (bicyclic) bond motifs is 5. The highest BCUT2D eigenvalue weighted by Gasteiger charge is 2.27. The summed E-state index contributed by atoms with van der Waals surface area (Å²) in [6, 6.07) is 54.7. The smallest absolute Gasteiger partial charge is 0.00882 e. The number of rotatable bonds is 0. The molecule has 0 aromatic heterocycles. The minimum atomic E-state index is 1.12. The van der Waals surface area contributed by atoms with Gasteiger partial charge in [0.1, 0.15) is 0 Å². The van der Waals surface area contributed by atoms with Crippen molar-refractivity contribution in [2.45, 2.75) is 205 Å². The molecule has 450 valence electrons. The van der Waals surface area contributed by atoms with Gasteiger partial charge in [0.15, 0.2) is 0 Å². The molecule has 0 unspecified atom stereocenters. The zero-order chi connectivity index (χ0) is 59.0. The molecule has 6 aromatic carbocycles. The summed E-state index contributed by atoms with van der Waals surface area (Å²) in [5.41, 5.74) is 15.3. The third-order valence-corrected chi connectivity index (χ3v) is 18.6. The standard InChI is InChI=1S/C10H18.C10H12.C10H8.C9H10.C9H8.2C8H8.C6H12.C6H6.C5H10.C5H6/c3*1-2-6-10-8-4-3-7-9(10)5-1;2*1-2-5-9-7-3-6-8(9)4-1;2*1-3-7-5-2-6-8(7)4-1;2*1-2-4-6-5-3-1;2*1-2-4-5-3-1/h9-10H,1-8H2;1-2,5-6H,3-4,7-8H2;1-8H;1-2,4-5H,3,6-7H2;1-6H,7H2;1-3,6H,4-5H2;1-3,5H,4,6H2;1-6H2;1-6H;1-5H2;1-4H,5H2. The average Bonchev–Trinajstić information content (AvgIpc) is 4.58. The summed E-state index contributed by atoms with van der Waals surface area (Å²) in [7, 11) is 0. The maximum absolute atomic E-state index is 2.26. The van der Waals surface area contributed by atoms with E-state index in [1.807, 2.05) is 36.4 Å². The minimum absolute atomic E-state index is 1.12. The van der Waals surface area contributed by atoms with Crippen LogP contribution in [-0.2, 0) is 32.1 Å². The molecule has 12 aliphatic carbocycles. The summed E-state index contributed by atoms with van der Waals surface area (Å²) < 4.78 is 0. The fourth-order valence-electron chi connectivity index (χ4n) is 13.6. The zero-order valence-electron chi connectivity index (χ0n) is 52.9. The summed E-state index contributed by atoms with van der Waals surface area (Å²) in [5, 5.41) is 2.62. The molecule has 0 radical (unpaired) electrons. The van der Waals surface area contributed by atoms with Gasteiger partial charge in [0.25, 0.3) is 0 Å². The molecule has 0 heteroatoms. The van der Waals surface area contributed by atoms with E-state index in [-0.39, 0.29) is 0 Å². The van der Waals surface area contributed by atoms with Gasteiger partial charge >= 0.3 is 0 Å². The van der Waals surface area contributed by atoms with Gasteiger partial charge in [-0.3, -0.25) is 0 Å². The third kappa shape index (κ3) is 24.5. The van der Waals surface area contributed by atoms with Crippen LogP contribution in [0.25, 0.3) is 16.8 Å². The zero-order valence-corrected chi connectivity index (χ0v) is 52.9. The molecule has 12 aliphatic rings. The van der Waals surface area contributed by atoms with Gasteiger partial charge in [-0.25, -0.2) is 0 Å². The Hall–Kier alpha value is -6.76. The summed E-state index contributed by atoms with van der Waals surface area (Å²) in [6.07, 6.45) is 75.7. The highest BCUT2D eigenvalue weighted by Crippen LogP contribution is 2.40. The van der Waals surface area contributed by atoms with Crippen LogP contribution in [0.15, 0.2) is 259 Å². The van der Waals surface area contributed by atoms with Gasteiger partial charge in [-0.2, -0.15) is 0 Å². The lowest BCUT2D eigenvalue weighted by Crippen LogP contribution is -2.22. The van der Waals surface area contributed by atoms with Crippen molar-refractivity contribution in [3.8, 4) is 0 Å². The second-order valence-electron chi connectivity index (χ2n) is 25.0. The molecule has 0 amide bonds. The number of hydrogen-bond acceptors (Lipinski definition) is 0. The second-order valence-corrected chi connectivity index (χ2v) is 25.0. The van der Waals surface area contributed by atoms with Crippen LogP contribution >= 0.6 is 0 Å². The van der Waals surface area contributed by atoms with Gasteiger partial charge < -0.3 is 0 Å². The van der Waals surface area contributed by atoms with Crippen LogP contribution in [0.3, 0.4) is 0 Å². The average molecular weight is 1140 g/mol. The summed E-state index contributed by atoms with van der Waals surface area (Å²) in [5.74, 6) is 2.31. The normalized spacial score (nSPS) is 19.8. The molecular weight excluding hydrogens is 1030 g/mol. The van der Waals surface area contributed by atoms with Crippen LogP contribution in [-0.4, -0.2) is 0 Å². The summed E-state index contributed by atoms with van der Waals surface area (Å²) >= 11 is 0. The number of hydrogen-bond donors (Lipinski definition) is 0. The Morgan fingerprint density at radius 1 is 0.244 bits per heavy atom. The molecule has 18 rings (SSSR count). The Labute approximate surface area is 523 Å². The number of allylic oxidation sites excluding steroid dienone is 17. The lowest BCUT2D eigenvalue weighted by atomic mass is 9.71. The van der Waals surface area contributed by atoms with E-state index < -0.39 is 0 Å². The quantitative estimate of drug-likeness (QED) is 0.142. The van der Waals surface area contributed by atoms with E-state index in [0.717, 1.165) is 24.7 Å². The van der Waals surface area contributed by atoms with Crippen molar-refractivity contribution in [3.63, 3.8) is 0 Å². The first-order chi connectivity index (χ1) is 42.8. The van der Waals surface area contributed by atoms with Crippen LogP contribution in [0, 0.1) is 11.8 Å². The topological polar surface area (TPSA) is 0 Å². The molecular formula is C86H106. The van der Waals surface area contributed by atoms with E-state index in [2.05, 4.69) is 206 Å². The molecule has 0 heterocycles. The lowest BCUT2D eigenvalue weighted by molar-refractivity contribution is 0.171. The first-order valence-corrected chi connectivity index (χ1v) is 34.5. The van der Waals surface area contributed by atoms with Crippen molar-refractivity contribution in [3.05, 3.63) is 292 Å². The SMILES string of the molecule is C1=CC2=C(C1)CC=C2.C1=CC2=C(C=CC2)C1.C1=CCC=C1.C1=Cc2ccccc2C1.C1CCC2CCCCC2C1.C1CCCC1.C1CCCCC1.c1ccc2c(c1)CCC2.c1ccc2c(c1)CCCC2.c1ccc2ccccc2c1.c1ccccc1. The molecule has 4 saturated carbocycles. The molecule has 0 spiro atoms. The monoisotopic (exact) mass is 1140 g/mol. The first kappa shape index (κ1) is 65.2. The van der Waals surface area contributed by atoms with Crippen molar-refractivity contribution >= 4 is 16.8 Å². The fourth-order valence-corrected chi connectivity index (χ4v) is 13.6. The van der Waals surface area contributed by atoms with E-state index in [1.165, 1.54) is 206 Å². The Morgan fingerprint density at radius 3 is 0.942 bits per heavy atom. The van der Waals surface area contributed by atoms with E-state index >= 15 is 0 Å². The van der Waals surface area contributed by atoms with Gasteiger partial charge in [0, 0.05) is 0 Å². The Kier molecular flexibility index (Phi) is 30.8. The van der Waals surface area contributed by atoms with Crippen molar-refractivity contribution < 1.29 is 0 Å². The summed E-state index contributed by atoms with van der Waals surface area (Å²) in [4.78, 5) is 0. The predicted molar refractivity (Wildman–Crippen MR) is 378 cm³/mol. The molecule has 0 saturated heterocycles. The van der Waals surface area contributed by atoms with E-state index in [0.29, 0.717) is 0 Å². The van der Waals surface area contributed by atoms with Crippen LogP contribution in [0.1, 0.15) is 207 Å². The molecule has 86 heavy (non-hydrogen) atoms. The maximum Gasteiger partial charge on any atom is -0.00882 e. The van der Waals surface area contributed by atoms with Crippen molar-refractivity contribution in [1.29, 1.82) is 0 Å². The lowest BCUT2D eigenvalue weighted by Gasteiger charge is -2.35. The highest BCUT2D eigenvalue weighted by molar-refractivity contribution is 5.82. The largest absolute Gasteiger partial charge is 0.0808 e. The van der Waals surface area contributed by atoms with E-state index in [4.69, 9.17) is 0 Å². The Morgan fingerprint density at radius 2 is 0.581 bits per heavy atom. The van der Waals surface area contributed by atoms with Gasteiger partial charge in [-0.15, -0.1) is 0 Å². The van der Waals surface area contributed by atoms with E-state index in [9.17, 15) is 0 Å². The Bertz CT molecular complexity index is 2870. The summed E-state index contributed by atoms with van der Waals surface area (Å²) in [6.45, 7) is 0. The molecule has 0 aliphatic heterocycles. The van der Waals surface area contributed by atoms with Gasteiger partial charge in [0.2, 0.25) is 0 Å². The van der Waals surface area contributed by atoms with Crippen LogP contribution in [0.4, 0.5) is 0 Å². The van der Waals surface area contributed by atoms with Crippen LogP contribution < -0.4 is 0 Å².